The van der Waals surface area contributed by atoms with E-state index >= 15 is 0 Å². The first-order valence-corrected chi connectivity index (χ1v) is 6.51. The molecule has 74 valence electrons. The molecule has 1 unspecified atom stereocenters. The molecule has 0 bridgehead atoms. The van der Waals surface area contributed by atoms with Crippen LogP contribution >= 0.6 is 15.9 Å². The normalized spacial score (nSPS) is 15.1. The smallest absolute Gasteiger partial charge is 0.211 e. The van der Waals surface area contributed by atoms with Gasteiger partial charge in [-0.25, -0.2) is 13.1 Å². The van der Waals surface area contributed by atoms with Crippen LogP contribution in [0.4, 0.5) is 0 Å². The third-order valence-electron chi connectivity index (χ3n) is 1.14. The van der Waals surface area contributed by atoms with E-state index in [9.17, 15) is 8.42 Å². The molecular formula is C7H16BrNO2S. The number of rotatable bonds is 5. The number of nitrogens with one attached hydrogen (secondary N) is 1. The Kier molecular flexibility index (Phi) is 5.36. The molecule has 0 radical (unpaired) electrons. The highest BCUT2D eigenvalue weighted by atomic mass is 79.9. The average molecular weight is 258 g/mol. The van der Waals surface area contributed by atoms with Crippen molar-refractivity contribution in [3.05, 3.63) is 0 Å². The largest absolute Gasteiger partial charge is 0.214 e. The summed E-state index contributed by atoms with van der Waals surface area (Å²) in [5, 5.41) is 0. The van der Waals surface area contributed by atoms with Crippen molar-refractivity contribution in [3.8, 4) is 0 Å². The fraction of sp³-hybridized carbons (Fsp3) is 1.00. The van der Waals surface area contributed by atoms with Crippen molar-refractivity contribution in [1.29, 1.82) is 0 Å². The SMILES string of the molecule is CC(C)CS(=O)(=O)NCC(C)Br. The Bertz CT molecular complexity index is 211. The molecule has 12 heavy (non-hydrogen) atoms. The lowest BCUT2D eigenvalue weighted by Gasteiger charge is -2.09. The molecule has 0 saturated carbocycles. The van der Waals surface area contributed by atoms with E-state index in [0.717, 1.165) is 0 Å². The Morgan fingerprint density at radius 2 is 1.83 bits per heavy atom. The number of alkyl halides is 1. The third kappa shape index (κ3) is 7.06. The maximum Gasteiger partial charge on any atom is 0.211 e. The first-order chi connectivity index (χ1) is 5.33. The fourth-order valence-corrected chi connectivity index (χ4v) is 2.62. The first-order valence-electron chi connectivity index (χ1n) is 3.95. The van der Waals surface area contributed by atoms with Crippen molar-refractivity contribution in [1.82, 2.24) is 4.72 Å². The monoisotopic (exact) mass is 257 g/mol. The summed E-state index contributed by atoms with van der Waals surface area (Å²) in [6.07, 6.45) is 0. The second kappa shape index (κ2) is 5.19. The third-order valence-corrected chi connectivity index (χ3v) is 3.17. The van der Waals surface area contributed by atoms with Gasteiger partial charge in [0.1, 0.15) is 0 Å². The Hall–Kier alpha value is 0.390. The number of halogens is 1. The summed E-state index contributed by atoms with van der Waals surface area (Å²) >= 11 is 3.27. The minimum atomic E-state index is -3.06. The molecule has 5 heteroatoms. The van der Waals surface area contributed by atoms with Gasteiger partial charge in [0.2, 0.25) is 10.0 Å². The quantitative estimate of drug-likeness (QED) is 0.756. The van der Waals surface area contributed by atoms with Gasteiger partial charge in [0.25, 0.3) is 0 Å². The zero-order chi connectivity index (χ0) is 9.78. The second-order valence-corrected chi connectivity index (χ2v) is 6.72. The van der Waals surface area contributed by atoms with Crippen LogP contribution in [0.1, 0.15) is 20.8 Å². The molecular weight excluding hydrogens is 242 g/mol. The van der Waals surface area contributed by atoms with E-state index in [-0.39, 0.29) is 16.5 Å². The summed E-state index contributed by atoms with van der Waals surface area (Å²) in [6.45, 7) is 6.13. The van der Waals surface area contributed by atoms with Gasteiger partial charge < -0.3 is 0 Å². The van der Waals surface area contributed by atoms with Crippen molar-refractivity contribution in [2.24, 2.45) is 5.92 Å². The van der Waals surface area contributed by atoms with Crippen molar-refractivity contribution in [3.63, 3.8) is 0 Å². The molecule has 0 aliphatic carbocycles. The molecule has 0 heterocycles. The summed E-state index contributed by atoms with van der Waals surface area (Å²) in [7, 11) is -3.06. The Balaban J connectivity index is 3.89. The minimum Gasteiger partial charge on any atom is -0.214 e. The van der Waals surface area contributed by atoms with Gasteiger partial charge in [0.15, 0.2) is 0 Å². The van der Waals surface area contributed by atoms with E-state index in [4.69, 9.17) is 0 Å². The summed E-state index contributed by atoms with van der Waals surface area (Å²) < 4.78 is 24.9. The highest BCUT2D eigenvalue weighted by Crippen LogP contribution is 1.99. The van der Waals surface area contributed by atoms with Gasteiger partial charge in [-0.15, -0.1) is 0 Å². The van der Waals surface area contributed by atoms with Crippen LogP contribution in [0.2, 0.25) is 0 Å². The summed E-state index contributed by atoms with van der Waals surface area (Å²) in [6, 6.07) is 0. The van der Waals surface area contributed by atoms with Gasteiger partial charge in [-0.1, -0.05) is 36.7 Å². The van der Waals surface area contributed by atoms with Gasteiger partial charge in [-0.2, -0.15) is 0 Å². The van der Waals surface area contributed by atoms with Crippen molar-refractivity contribution >= 4 is 26.0 Å². The molecule has 0 aromatic heterocycles. The van der Waals surface area contributed by atoms with Crippen molar-refractivity contribution in [2.75, 3.05) is 12.3 Å². The van der Waals surface area contributed by atoms with Gasteiger partial charge >= 0.3 is 0 Å². The average Bonchev–Trinajstić information content (AvgIpc) is 1.81. The summed E-state index contributed by atoms with van der Waals surface area (Å²) in [5.41, 5.74) is 0. The van der Waals surface area contributed by atoms with Crippen LogP contribution in [-0.2, 0) is 10.0 Å². The molecule has 0 aliphatic rings. The van der Waals surface area contributed by atoms with Crippen LogP contribution in [0.3, 0.4) is 0 Å². The number of hydrogen-bond acceptors (Lipinski definition) is 2. The van der Waals surface area contributed by atoms with Crippen LogP contribution < -0.4 is 4.72 Å². The van der Waals surface area contributed by atoms with Gasteiger partial charge in [-0.3, -0.25) is 0 Å². The van der Waals surface area contributed by atoms with E-state index in [0.29, 0.717) is 6.54 Å². The van der Waals surface area contributed by atoms with E-state index in [1.807, 2.05) is 20.8 Å². The molecule has 1 N–H and O–H groups in total. The van der Waals surface area contributed by atoms with E-state index < -0.39 is 10.0 Å². The highest BCUT2D eigenvalue weighted by Gasteiger charge is 2.12. The molecule has 0 spiro atoms. The van der Waals surface area contributed by atoms with Crippen LogP contribution in [0.5, 0.6) is 0 Å². The molecule has 0 amide bonds. The molecule has 0 aromatic carbocycles. The summed E-state index contributed by atoms with van der Waals surface area (Å²) in [4.78, 5) is 0.180. The van der Waals surface area contributed by atoms with Crippen molar-refractivity contribution in [2.45, 2.75) is 25.6 Å². The first kappa shape index (κ1) is 12.4. The molecule has 1 atom stereocenters. The minimum absolute atomic E-state index is 0.174. The summed E-state index contributed by atoms with van der Waals surface area (Å²) in [5.74, 6) is 0.375. The van der Waals surface area contributed by atoms with Gasteiger partial charge in [0.05, 0.1) is 5.75 Å². The van der Waals surface area contributed by atoms with Crippen molar-refractivity contribution < 1.29 is 8.42 Å². The molecule has 0 aliphatic heterocycles. The highest BCUT2D eigenvalue weighted by molar-refractivity contribution is 9.09. The van der Waals surface area contributed by atoms with Crippen LogP contribution in [-0.4, -0.2) is 25.5 Å². The van der Waals surface area contributed by atoms with E-state index in [1.165, 1.54) is 0 Å². The number of sulfonamides is 1. The second-order valence-electron chi connectivity index (χ2n) is 3.30. The molecule has 0 saturated heterocycles. The topological polar surface area (TPSA) is 46.2 Å². The predicted molar refractivity (Wildman–Crippen MR) is 55.0 cm³/mol. The zero-order valence-electron chi connectivity index (χ0n) is 7.67. The van der Waals surface area contributed by atoms with Crippen LogP contribution in [0, 0.1) is 5.92 Å². The van der Waals surface area contributed by atoms with Gasteiger partial charge in [0, 0.05) is 11.4 Å². The van der Waals surface area contributed by atoms with Crippen LogP contribution in [0.15, 0.2) is 0 Å². The Labute approximate surface area is 83.1 Å². The lowest BCUT2D eigenvalue weighted by Crippen LogP contribution is -2.32. The fourth-order valence-electron chi connectivity index (χ4n) is 0.740. The Morgan fingerprint density at radius 1 is 1.33 bits per heavy atom. The molecule has 0 fully saturated rings. The van der Waals surface area contributed by atoms with Gasteiger partial charge in [-0.05, 0) is 5.92 Å². The standard InChI is InChI=1S/C7H16BrNO2S/c1-6(2)5-12(10,11)9-4-7(3)8/h6-7,9H,4-5H2,1-3H3. The number of hydrogen-bond donors (Lipinski definition) is 1. The zero-order valence-corrected chi connectivity index (χ0v) is 10.1. The maximum absolute atomic E-state index is 11.2. The van der Waals surface area contributed by atoms with E-state index in [2.05, 4.69) is 20.7 Å². The predicted octanol–water partition coefficient (Wildman–Crippen LogP) is 1.35. The van der Waals surface area contributed by atoms with E-state index in [1.54, 1.807) is 0 Å². The van der Waals surface area contributed by atoms with Crippen LogP contribution in [0.25, 0.3) is 0 Å². The maximum atomic E-state index is 11.2. The molecule has 0 rings (SSSR count). The Morgan fingerprint density at radius 3 is 2.17 bits per heavy atom. The lowest BCUT2D eigenvalue weighted by molar-refractivity contribution is 0.568. The molecule has 0 aromatic rings. The lowest BCUT2D eigenvalue weighted by atomic mass is 10.3. The molecule has 3 nitrogen and oxygen atoms in total.